The summed E-state index contributed by atoms with van der Waals surface area (Å²) in [5.41, 5.74) is 4.94. The number of hydrogen-bond acceptors (Lipinski definition) is 4. The molecule has 0 spiro atoms. The summed E-state index contributed by atoms with van der Waals surface area (Å²) < 4.78 is 32.5. The van der Waals surface area contributed by atoms with E-state index in [1.165, 1.54) is 0 Å². The Kier molecular flexibility index (Phi) is 6.47. The molecule has 0 saturated carbocycles. The first kappa shape index (κ1) is 19.3. The van der Waals surface area contributed by atoms with Crippen LogP contribution in [0.25, 0.3) is 0 Å². The molecule has 0 aliphatic carbocycles. The Morgan fingerprint density at radius 1 is 1.30 bits per heavy atom. The molecule has 4 N–H and O–H groups in total. The molecule has 0 saturated heterocycles. The van der Waals surface area contributed by atoms with Crippen molar-refractivity contribution in [3.63, 3.8) is 0 Å². The van der Waals surface area contributed by atoms with E-state index >= 15 is 0 Å². The standard InChI is InChI=1S/C16H24F2N2O3/c1-15(2,3)23-14(22)20-12(13(21)16(17,18)10-19)9-11-7-5-4-6-8-11/h4-8,12-13,21H,9-10,19H2,1-3H3,(H,20,22). The van der Waals surface area contributed by atoms with Crippen LogP contribution in [0.2, 0.25) is 0 Å². The van der Waals surface area contributed by atoms with E-state index in [0.717, 1.165) is 0 Å². The molecular weight excluding hydrogens is 306 g/mol. The molecule has 0 aliphatic rings. The Morgan fingerprint density at radius 2 is 1.87 bits per heavy atom. The van der Waals surface area contributed by atoms with Gasteiger partial charge in [-0.05, 0) is 32.8 Å². The molecule has 0 aromatic heterocycles. The van der Waals surface area contributed by atoms with E-state index < -0.39 is 36.3 Å². The van der Waals surface area contributed by atoms with E-state index in [1.807, 2.05) is 0 Å². The summed E-state index contributed by atoms with van der Waals surface area (Å²) in [7, 11) is 0. The second kappa shape index (κ2) is 7.70. The zero-order chi connectivity index (χ0) is 17.7. The molecule has 2 unspecified atom stereocenters. The third-order valence-electron chi connectivity index (χ3n) is 3.09. The molecule has 0 heterocycles. The molecule has 130 valence electrons. The first-order chi connectivity index (χ1) is 10.5. The van der Waals surface area contributed by atoms with Crippen molar-refractivity contribution in [3.05, 3.63) is 35.9 Å². The van der Waals surface area contributed by atoms with Crippen molar-refractivity contribution in [2.45, 2.75) is 50.9 Å². The first-order valence-corrected chi connectivity index (χ1v) is 7.34. The van der Waals surface area contributed by atoms with E-state index in [9.17, 15) is 18.7 Å². The summed E-state index contributed by atoms with van der Waals surface area (Å²) >= 11 is 0. The predicted molar refractivity (Wildman–Crippen MR) is 83.3 cm³/mol. The third-order valence-corrected chi connectivity index (χ3v) is 3.09. The summed E-state index contributed by atoms with van der Waals surface area (Å²) in [6.45, 7) is 3.95. The summed E-state index contributed by atoms with van der Waals surface area (Å²) in [5, 5.41) is 12.3. The summed E-state index contributed by atoms with van der Waals surface area (Å²) in [6.07, 6.45) is -2.97. The highest BCUT2D eigenvalue weighted by Crippen LogP contribution is 2.22. The Bertz CT molecular complexity index is 504. The van der Waals surface area contributed by atoms with Crippen molar-refractivity contribution in [1.29, 1.82) is 0 Å². The molecular formula is C16H24F2N2O3. The van der Waals surface area contributed by atoms with E-state index in [1.54, 1.807) is 51.1 Å². The van der Waals surface area contributed by atoms with Gasteiger partial charge < -0.3 is 20.9 Å². The van der Waals surface area contributed by atoms with Crippen molar-refractivity contribution >= 4 is 6.09 Å². The highest BCUT2D eigenvalue weighted by atomic mass is 19.3. The summed E-state index contributed by atoms with van der Waals surface area (Å²) in [6, 6.07) is 7.48. The van der Waals surface area contributed by atoms with Gasteiger partial charge in [-0.15, -0.1) is 0 Å². The minimum atomic E-state index is -3.52. The zero-order valence-corrected chi connectivity index (χ0v) is 13.6. The van der Waals surface area contributed by atoms with Gasteiger partial charge in [-0.25, -0.2) is 13.6 Å². The van der Waals surface area contributed by atoms with Crippen LogP contribution in [0.3, 0.4) is 0 Å². The number of amides is 1. The molecule has 7 heteroatoms. The quantitative estimate of drug-likeness (QED) is 0.745. The van der Waals surface area contributed by atoms with Gasteiger partial charge in [-0.3, -0.25) is 0 Å². The van der Waals surface area contributed by atoms with Gasteiger partial charge in [0.2, 0.25) is 0 Å². The van der Waals surface area contributed by atoms with Crippen LogP contribution >= 0.6 is 0 Å². The molecule has 23 heavy (non-hydrogen) atoms. The van der Waals surface area contributed by atoms with Crippen LogP contribution in [0.4, 0.5) is 13.6 Å². The number of aliphatic hydroxyl groups excluding tert-OH is 1. The van der Waals surface area contributed by atoms with Crippen molar-refractivity contribution in [2.75, 3.05) is 6.54 Å². The van der Waals surface area contributed by atoms with Crippen molar-refractivity contribution < 1.29 is 23.4 Å². The topological polar surface area (TPSA) is 84.6 Å². The fraction of sp³-hybridized carbons (Fsp3) is 0.562. The number of nitrogens with two attached hydrogens (primary N) is 1. The molecule has 0 bridgehead atoms. The van der Waals surface area contributed by atoms with Crippen LogP contribution in [-0.2, 0) is 11.2 Å². The number of ether oxygens (including phenoxy) is 1. The number of benzene rings is 1. The van der Waals surface area contributed by atoms with Gasteiger partial charge in [0.1, 0.15) is 11.7 Å². The maximum Gasteiger partial charge on any atom is 0.407 e. The number of aliphatic hydroxyl groups is 1. The van der Waals surface area contributed by atoms with Gasteiger partial charge in [0, 0.05) is 0 Å². The molecule has 0 fully saturated rings. The average molecular weight is 330 g/mol. The van der Waals surface area contributed by atoms with E-state index in [2.05, 4.69) is 5.32 Å². The molecule has 0 radical (unpaired) electrons. The van der Waals surface area contributed by atoms with E-state index in [0.29, 0.717) is 5.56 Å². The lowest BCUT2D eigenvalue weighted by Crippen LogP contribution is -2.55. The Balaban J connectivity index is 2.90. The van der Waals surface area contributed by atoms with E-state index in [-0.39, 0.29) is 6.42 Å². The minimum Gasteiger partial charge on any atom is -0.444 e. The highest BCUT2D eigenvalue weighted by molar-refractivity contribution is 5.68. The van der Waals surface area contributed by atoms with Gasteiger partial charge in [-0.2, -0.15) is 0 Å². The number of alkyl halides is 2. The summed E-state index contributed by atoms with van der Waals surface area (Å²) in [5.74, 6) is -3.52. The van der Waals surface area contributed by atoms with Gasteiger partial charge in [0.05, 0.1) is 12.6 Å². The molecule has 0 aliphatic heterocycles. The van der Waals surface area contributed by atoms with Crippen molar-refractivity contribution in [2.24, 2.45) is 5.73 Å². The van der Waals surface area contributed by atoms with Crippen molar-refractivity contribution in [1.82, 2.24) is 5.32 Å². The molecule has 2 atom stereocenters. The summed E-state index contributed by atoms with van der Waals surface area (Å²) in [4.78, 5) is 11.9. The Morgan fingerprint density at radius 3 is 2.35 bits per heavy atom. The Labute approximate surface area is 134 Å². The first-order valence-electron chi connectivity index (χ1n) is 7.34. The fourth-order valence-electron chi connectivity index (χ4n) is 1.98. The van der Waals surface area contributed by atoms with Crippen LogP contribution in [0.15, 0.2) is 30.3 Å². The van der Waals surface area contributed by atoms with Crippen molar-refractivity contribution in [3.8, 4) is 0 Å². The number of rotatable bonds is 6. The largest absolute Gasteiger partial charge is 0.444 e. The molecule has 1 aromatic rings. The predicted octanol–water partition coefficient (Wildman–Crippen LogP) is 2.08. The molecule has 1 amide bonds. The lowest BCUT2D eigenvalue weighted by molar-refractivity contribution is -0.113. The van der Waals surface area contributed by atoms with Gasteiger partial charge in [0.15, 0.2) is 0 Å². The van der Waals surface area contributed by atoms with Gasteiger partial charge in [0.25, 0.3) is 5.92 Å². The normalized spacial score (nSPS) is 14.9. The van der Waals surface area contributed by atoms with Crippen LogP contribution in [0.5, 0.6) is 0 Å². The van der Waals surface area contributed by atoms with Crippen LogP contribution in [0, 0.1) is 0 Å². The van der Waals surface area contributed by atoms with E-state index in [4.69, 9.17) is 10.5 Å². The number of carbonyl (C=O) groups excluding carboxylic acids is 1. The SMILES string of the molecule is CC(C)(C)OC(=O)NC(Cc1ccccc1)C(O)C(F)(F)CN. The maximum atomic E-state index is 13.7. The van der Waals surface area contributed by atoms with Gasteiger partial charge >= 0.3 is 6.09 Å². The number of carbonyl (C=O) groups is 1. The second-order valence-corrected chi connectivity index (χ2v) is 6.35. The molecule has 1 aromatic carbocycles. The number of hydrogen-bond donors (Lipinski definition) is 3. The van der Waals surface area contributed by atoms with Crippen LogP contribution in [-0.4, -0.2) is 41.4 Å². The zero-order valence-electron chi connectivity index (χ0n) is 13.6. The maximum absolute atomic E-state index is 13.7. The molecule has 1 rings (SSSR count). The smallest absolute Gasteiger partial charge is 0.407 e. The number of alkyl carbamates (subject to hydrolysis) is 1. The second-order valence-electron chi connectivity index (χ2n) is 6.35. The Hall–Kier alpha value is -1.73. The number of halogens is 2. The fourth-order valence-corrected chi connectivity index (χ4v) is 1.98. The highest BCUT2D eigenvalue weighted by Gasteiger charge is 2.43. The third kappa shape index (κ3) is 6.50. The minimum absolute atomic E-state index is 0.0246. The lowest BCUT2D eigenvalue weighted by Gasteiger charge is -2.30. The lowest BCUT2D eigenvalue weighted by atomic mass is 9.97. The van der Waals surface area contributed by atoms with Crippen LogP contribution in [0.1, 0.15) is 26.3 Å². The number of nitrogens with one attached hydrogen (secondary N) is 1. The van der Waals surface area contributed by atoms with Crippen LogP contribution < -0.4 is 11.1 Å². The average Bonchev–Trinajstić information content (AvgIpc) is 2.45. The monoisotopic (exact) mass is 330 g/mol. The van der Waals surface area contributed by atoms with Gasteiger partial charge in [-0.1, -0.05) is 30.3 Å². The molecule has 5 nitrogen and oxygen atoms in total.